The minimum atomic E-state index is -0.00671. The number of carbonyl (C=O) groups excluding carboxylic acids is 1. The average Bonchev–Trinajstić information content (AvgIpc) is 2.39. The van der Waals surface area contributed by atoms with Crippen molar-refractivity contribution in [2.24, 2.45) is 0 Å². The summed E-state index contributed by atoms with van der Waals surface area (Å²) in [7, 11) is 1.62. The summed E-state index contributed by atoms with van der Waals surface area (Å²) in [5.74, 6) is 0.906. The molecule has 1 aliphatic heterocycles. The van der Waals surface area contributed by atoms with Gasteiger partial charge in [0.1, 0.15) is 5.75 Å². The lowest BCUT2D eigenvalue weighted by atomic mass is 10.00. The summed E-state index contributed by atoms with van der Waals surface area (Å²) in [4.78, 5) is 12.2. The van der Waals surface area contributed by atoms with Gasteiger partial charge in [-0.1, -0.05) is 0 Å². The predicted octanol–water partition coefficient (Wildman–Crippen LogP) is 1.56. The molecule has 4 nitrogen and oxygen atoms in total. The second kappa shape index (κ2) is 5.98. The molecule has 0 amide bonds. The topological polar surface area (TPSA) is 47.6 Å². The summed E-state index contributed by atoms with van der Waals surface area (Å²) in [6, 6.07) is 5.53. The molecule has 1 atom stereocenters. The molecular weight excluding hydrogens is 230 g/mol. The highest BCUT2D eigenvalue weighted by molar-refractivity contribution is 5.97. The Balaban J connectivity index is 2.03. The third kappa shape index (κ3) is 3.09. The number of carbonyl (C=O) groups is 1. The van der Waals surface area contributed by atoms with Crippen LogP contribution in [0.2, 0.25) is 0 Å². The lowest BCUT2D eigenvalue weighted by Crippen LogP contribution is -2.39. The number of hydrogen-bond donors (Lipinski definition) is 1. The van der Waals surface area contributed by atoms with E-state index in [-0.39, 0.29) is 11.9 Å². The van der Waals surface area contributed by atoms with Crippen molar-refractivity contribution in [1.82, 2.24) is 5.32 Å². The Labute approximate surface area is 107 Å². The second-order valence-corrected chi connectivity index (χ2v) is 4.51. The van der Waals surface area contributed by atoms with Crippen LogP contribution in [0.25, 0.3) is 0 Å². The van der Waals surface area contributed by atoms with Gasteiger partial charge in [0.05, 0.1) is 19.8 Å². The zero-order valence-corrected chi connectivity index (χ0v) is 10.9. The molecule has 1 aromatic carbocycles. The van der Waals surface area contributed by atoms with Gasteiger partial charge in [-0.15, -0.1) is 0 Å². The number of morpholine rings is 1. The van der Waals surface area contributed by atoms with Gasteiger partial charge < -0.3 is 14.8 Å². The molecule has 0 radical (unpaired) electrons. The fourth-order valence-corrected chi connectivity index (χ4v) is 2.14. The lowest BCUT2D eigenvalue weighted by Gasteiger charge is -2.23. The highest BCUT2D eigenvalue weighted by atomic mass is 16.5. The van der Waals surface area contributed by atoms with Crippen LogP contribution in [-0.4, -0.2) is 38.7 Å². The van der Waals surface area contributed by atoms with Crippen LogP contribution in [-0.2, 0) is 4.74 Å². The molecule has 4 heteroatoms. The maximum Gasteiger partial charge on any atom is 0.165 e. The molecule has 0 saturated carbocycles. The molecule has 1 heterocycles. The van der Waals surface area contributed by atoms with Gasteiger partial charge in [0.2, 0.25) is 0 Å². The van der Waals surface area contributed by atoms with Gasteiger partial charge in [-0.05, 0) is 30.7 Å². The van der Waals surface area contributed by atoms with Crippen molar-refractivity contribution in [3.05, 3.63) is 29.3 Å². The molecule has 1 unspecified atom stereocenters. The molecule has 18 heavy (non-hydrogen) atoms. The number of rotatable bonds is 4. The van der Waals surface area contributed by atoms with Crippen LogP contribution in [0.3, 0.4) is 0 Å². The van der Waals surface area contributed by atoms with E-state index in [1.54, 1.807) is 7.11 Å². The predicted molar refractivity (Wildman–Crippen MR) is 69.3 cm³/mol. The van der Waals surface area contributed by atoms with E-state index in [9.17, 15) is 4.79 Å². The van der Waals surface area contributed by atoms with Crippen LogP contribution < -0.4 is 10.1 Å². The zero-order valence-electron chi connectivity index (χ0n) is 10.9. The van der Waals surface area contributed by atoms with E-state index in [1.165, 1.54) is 0 Å². The largest absolute Gasteiger partial charge is 0.497 e. The van der Waals surface area contributed by atoms with Crippen LogP contribution >= 0.6 is 0 Å². The van der Waals surface area contributed by atoms with Crippen molar-refractivity contribution in [3.63, 3.8) is 0 Å². The van der Waals surface area contributed by atoms with E-state index in [2.05, 4.69) is 5.32 Å². The van der Waals surface area contributed by atoms with Gasteiger partial charge in [-0.2, -0.15) is 0 Å². The SMILES string of the molecule is COc1ccc(C(=O)CC2CNCCO2)c(C)c1. The minimum absolute atomic E-state index is 0.00671. The van der Waals surface area contributed by atoms with Gasteiger partial charge in [0.15, 0.2) is 5.78 Å². The molecule has 1 aromatic rings. The van der Waals surface area contributed by atoms with Crippen LogP contribution in [0.5, 0.6) is 5.75 Å². The highest BCUT2D eigenvalue weighted by Gasteiger charge is 2.19. The summed E-state index contributed by atoms with van der Waals surface area (Å²) < 4.78 is 10.7. The van der Waals surface area contributed by atoms with E-state index < -0.39 is 0 Å². The summed E-state index contributed by atoms with van der Waals surface area (Å²) in [5, 5.41) is 3.23. The number of aryl methyl sites for hydroxylation is 1. The number of Topliss-reactive ketones (excluding diaryl/α,β-unsaturated/α-hetero) is 1. The maximum atomic E-state index is 12.2. The molecule has 2 rings (SSSR count). The van der Waals surface area contributed by atoms with Crippen LogP contribution in [0, 0.1) is 6.92 Å². The van der Waals surface area contributed by atoms with Crippen molar-refractivity contribution < 1.29 is 14.3 Å². The minimum Gasteiger partial charge on any atom is -0.497 e. The molecule has 0 bridgehead atoms. The van der Waals surface area contributed by atoms with Crippen LogP contribution in [0.4, 0.5) is 0 Å². The number of benzene rings is 1. The van der Waals surface area contributed by atoms with Crippen molar-refractivity contribution in [3.8, 4) is 5.75 Å². The Morgan fingerprint density at radius 1 is 1.56 bits per heavy atom. The van der Waals surface area contributed by atoms with Gasteiger partial charge >= 0.3 is 0 Å². The van der Waals surface area contributed by atoms with Crippen molar-refractivity contribution >= 4 is 5.78 Å². The molecule has 98 valence electrons. The van der Waals surface area contributed by atoms with Crippen molar-refractivity contribution in [1.29, 1.82) is 0 Å². The monoisotopic (exact) mass is 249 g/mol. The Kier molecular flexibility index (Phi) is 4.33. The molecule has 0 aliphatic carbocycles. The van der Waals surface area contributed by atoms with Gasteiger partial charge in [0.25, 0.3) is 0 Å². The Bertz CT molecular complexity index is 425. The summed E-state index contributed by atoms with van der Waals surface area (Å²) in [5.41, 5.74) is 1.70. The zero-order chi connectivity index (χ0) is 13.0. The van der Waals surface area contributed by atoms with E-state index in [1.807, 2.05) is 25.1 Å². The lowest BCUT2D eigenvalue weighted by molar-refractivity contribution is 0.0240. The first-order valence-corrected chi connectivity index (χ1v) is 6.21. The molecule has 0 spiro atoms. The Hall–Kier alpha value is -1.39. The third-order valence-electron chi connectivity index (χ3n) is 3.15. The van der Waals surface area contributed by atoms with E-state index in [0.29, 0.717) is 13.0 Å². The number of ether oxygens (including phenoxy) is 2. The first kappa shape index (κ1) is 13.1. The standard InChI is InChI=1S/C14H19NO3/c1-10-7-11(17-2)3-4-13(10)14(16)8-12-9-15-5-6-18-12/h3-4,7,12,15H,5-6,8-9H2,1-2H3. The van der Waals surface area contributed by atoms with Crippen LogP contribution in [0.1, 0.15) is 22.3 Å². The van der Waals surface area contributed by atoms with Gasteiger partial charge in [-0.3, -0.25) is 4.79 Å². The summed E-state index contributed by atoms with van der Waals surface area (Å²) in [6.07, 6.45) is 0.424. The van der Waals surface area contributed by atoms with E-state index >= 15 is 0 Å². The average molecular weight is 249 g/mol. The fraction of sp³-hybridized carbons (Fsp3) is 0.500. The quantitative estimate of drug-likeness (QED) is 0.823. The molecule has 1 fully saturated rings. The van der Waals surface area contributed by atoms with E-state index in [0.717, 1.165) is 30.0 Å². The molecule has 1 N–H and O–H groups in total. The molecular formula is C14H19NO3. The first-order chi connectivity index (χ1) is 8.70. The Morgan fingerprint density at radius 2 is 2.39 bits per heavy atom. The number of hydrogen-bond acceptors (Lipinski definition) is 4. The summed E-state index contributed by atoms with van der Waals surface area (Å²) in [6.45, 7) is 4.22. The summed E-state index contributed by atoms with van der Waals surface area (Å²) >= 11 is 0. The normalized spacial score (nSPS) is 19.6. The highest BCUT2D eigenvalue weighted by Crippen LogP contribution is 2.19. The first-order valence-electron chi connectivity index (χ1n) is 6.21. The Morgan fingerprint density at radius 3 is 3.00 bits per heavy atom. The van der Waals surface area contributed by atoms with Gasteiger partial charge in [0, 0.05) is 25.1 Å². The molecule has 0 aromatic heterocycles. The van der Waals surface area contributed by atoms with Crippen LogP contribution in [0.15, 0.2) is 18.2 Å². The fourth-order valence-electron chi connectivity index (χ4n) is 2.14. The smallest absolute Gasteiger partial charge is 0.165 e. The van der Waals surface area contributed by atoms with E-state index in [4.69, 9.17) is 9.47 Å². The molecule has 1 aliphatic rings. The van der Waals surface area contributed by atoms with Crippen molar-refractivity contribution in [2.75, 3.05) is 26.8 Å². The number of methoxy groups -OCH3 is 1. The van der Waals surface area contributed by atoms with Crippen molar-refractivity contribution in [2.45, 2.75) is 19.4 Å². The molecule has 1 saturated heterocycles. The number of nitrogens with one attached hydrogen (secondary N) is 1. The third-order valence-corrected chi connectivity index (χ3v) is 3.15. The maximum absolute atomic E-state index is 12.2. The van der Waals surface area contributed by atoms with Gasteiger partial charge in [-0.25, -0.2) is 0 Å². The second-order valence-electron chi connectivity index (χ2n) is 4.51. The number of ketones is 1.